The molecule has 0 atom stereocenters. The van der Waals surface area contributed by atoms with Crippen LogP contribution in [0.15, 0.2) is 27.8 Å². The normalized spacial score (nSPS) is 20.5. The van der Waals surface area contributed by atoms with Crippen LogP contribution in [-0.2, 0) is 11.2 Å². The molecule has 0 aromatic carbocycles. The molecule has 1 aromatic heterocycles. The molecule has 0 saturated carbocycles. The highest BCUT2D eigenvalue weighted by atomic mass is 16.5. The number of hydrogen-bond donors (Lipinski definition) is 2. The molecule has 3 heterocycles. The molecule has 3 rings (SSSR count). The summed E-state index contributed by atoms with van der Waals surface area (Å²) in [4.78, 5) is 9.55. The van der Waals surface area contributed by atoms with Crippen LogP contribution in [0.4, 0.5) is 0 Å². The zero-order chi connectivity index (χ0) is 18.0. The Hall–Kier alpha value is -1.57. The van der Waals surface area contributed by atoms with E-state index in [4.69, 9.17) is 14.1 Å². The molecule has 0 amide bonds. The number of aliphatic hydroxyl groups is 1. The molecule has 2 N–H and O–H groups in total. The molecule has 1 aromatic rings. The summed E-state index contributed by atoms with van der Waals surface area (Å²) in [6, 6.07) is 3.92. The van der Waals surface area contributed by atoms with Gasteiger partial charge in [-0.25, -0.2) is 0 Å². The van der Waals surface area contributed by atoms with Crippen molar-refractivity contribution in [3.8, 4) is 0 Å². The quantitative estimate of drug-likeness (QED) is 0.426. The monoisotopic (exact) mass is 364 g/mol. The summed E-state index contributed by atoms with van der Waals surface area (Å²) in [5.41, 5.74) is 0. The van der Waals surface area contributed by atoms with Gasteiger partial charge < -0.3 is 24.5 Å². The molecule has 0 radical (unpaired) electrons. The number of aliphatic imine (C=N–C) groups is 1. The van der Waals surface area contributed by atoms with Crippen LogP contribution < -0.4 is 5.32 Å². The summed E-state index contributed by atoms with van der Waals surface area (Å²) in [5.74, 6) is 1.95. The highest BCUT2D eigenvalue weighted by Gasteiger charge is 2.20. The maximum atomic E-state index is 9.75. The second-order valence-corrected chi connectivity index (χ2v) is 6.99. The molecule has 7 nitrogen and oxygen atoms in total. The van der Waals surface area contributed by atoms with Gasteiger partial charge in [-0.3, -0.25) is 9.89 Å². The number of hydrogen-bond acceptors (Lipinski definition) is 5. The molecular weight excluding hydrogens is 332 g/mol. The first kappa shape index (κ1) is 19.2. The number of piperidine rings is 1. The molecule has 2 aliphatic heterocycles. The zero-order valence-electron chi connectivity index (χ0n) is 15.6. The van der Waals surface area contributed by atoms with Crippen LogP contribution >= 0.6 is 0 Å². The first-order valence-corrected chi connectivity index (χ1v) is 9.85. The number of furan rings is 1. The largest absolute Gasteiger partial charge is 0.469 e. The summed E-state index contributed by atoms with van der Waals surface area (Å²) in [7, 11) is 0. The standard InChI is InChI=1S/C19H32N4O3/c24-17-5-10-23(11-6-17)19(21-8-4-18-3-1-14-26-18)20-7-2-9-22-12-15-25-16-13-22/h1,3,14,17,24H,2,4-13,15-16H2,(H,20,21). The van der Waals surface area contributed by atoms with E-state index in [1.165, 1.54) is 0 Å². The van der Waals surface area contributed by atoms with Crippen LogP contribution in [0.2, 0.25) is 0 Å². The van der Waals surface area contributed by atoms with Crippen molar-refractivity contribution >= 4 is 5.96 Å². The highest BCUT2D eigenvalue weighted by molar-refractivity contribution is 5.80. The van der Waals surface area contributed by atoms with Gasteiger partial charge in [-0.1, -0.05) is 0 Å². The molecule has 2 fully saturated rings. The van der Waals surface area contributed by atoms with E-state index < -0.39 is 0 Å². The van der Waals surface area contributed by atoms with E-state index in [2.05, 4.69) is 15.1 Å². The molecule has 7 heteroatoms. The van der Waals surface area contributed by atoms with E-state index in [0.717, 1.165) is 96.4 Å². The zero-order valence-corrected chi connectivity index (χ0v) is 15.6. The molecular formula is C19H32N4O3. The van der Waals surface area contributed by atoms with E-state index in [1.54, 1.807) is 6.26 Å². The third-order valence-corrected chi connectivity index (χ3v) is 5.00. The van der Waals surface area contributed by atoms with Crippen LogP contribution in [0, 0.1) is 0 Å². The Morgan fingerprint density at radius 1 is 1.23 bits per heavy atom. The molecule has 2 saturated heterocycles. The van der Waals surface area contributed by atoms with Crippen molar-refractivity contribution < 1.29 is 14.3 Å². The van der Waals surface area contributed by atoms with Crippen molar-refractivity contribution in [2.45, 2.75) is 31.8 Å². The highest BCUT2D eigenvalue weighted by Crippen LogP contribution is 2.10. The molecule has 0 aliphatic carbocycles. The van der Waals surface area contributed by atoms with Crippen LogP contribution in [0.5, 0.6) is 0 Å². The molecule has 0 spiro atoms. The van der Waals surface area contributed by atoms with Gasteiger partial charge in [0.2, 0.25) is 0 Å². The molecule has 26 heavy (non-hydrogen) atoms. The number of morpholine rings is 1. The minimum atomic E-state index is -0.170. The number of rotatable bonds is 7. The van der Waals surface area contributed by atoms with Gasteiger partial charge in [0.25, 0.3) is 0 Å². The number of aliphatic hydroxyl groups excluding tert-OH is 1. The van der Waals surface area contributed by atoms with Crippen molar-refractivity contribution in [3.63, 3.8) is 0 Å². The number of nitrogens with one attached hydrogen (secondary N) is 1. The second kappa shape index (κ2) is 10.5. The first-order valence-electron chi connectivity index (χ1n) is 9.85. The Morgan fingerprint density at radius 3 is 2.77 bits per heavy atom. The number of likely N-dealkylation sites (tertiary alicyclic amines) is 1. The molecule has 0 unspecified atom stereocenters. The average molecular weight is 364 g/mol. The SMILES string of the molecule is OC1CCN(C(=NCCCN2CCOCC2)NCCc2ccco2)CC1. The lowest BCUT2D eigenvalue weighted by atomic mass is 10.1. The maximum Gasteiger partial charge on any atom is 0.193 e. The van der Waals surface area contributed by atoms with E-state index >= 15 is 0 Å². The lowest BCUT2D eigenvalue weighted by Gasteiger charge is -2.32. The Balaban J connectivity index is 1.45. The summed E-state index contributed by atoms with van der Waals surface area (Å²) in [6.45, 7) is 8.16. The third-order valence-electron chi connectivity index (χ3n) is 5.00. The minimum Gasteiger partial charge on any atom is -0.469 e. The maximum absolute atomic E-state index is 9.75. The van der Waals surface area contributed by atoms with Gasteiger partial charge in [0.05, 0.1) is 25.6 Å². The van der Waals surface area contributed by atoms with Gasteiger partial charge in [-0.15, -0.1) is 0 Å². The fourth-order valence-corrected chi connectivity index (χ4v) is 3.40. The Kier molecular flexibility index (Phi) is 7.79. The minimum absolute atomic E-state index is 0.170. The smallest absolute Gasteiger partial charge is 0.193 e. The lowest BCUT2D eigenvalue weighted by Crippen LogP contribution is -2.47. The summed E-state index contributed by atoms with van der Waals surface area (Å²) < 4.78 is 10.8. The van der Waals surface area contributed by atoms with Crippen molar-refractivity contribution in [3.05, 3.63) is 24.2 Å². The van der Waals surface area contributed by atoms with Crippen LogP contribution in [0.25, 0.3) is 0 Å². The van der Waals surface area contributed by atoms with E-state index in [1.807, 2.05) is 12.1 Å². The topological polar surface area (TPSA) is 73.5 Å². The van der Waals surface area contributed by atoms with Crippen LogP contribution in [0.3, 0.4) is 0 Å². The fraction of sp³-hybridized carbons (Fsp3) is 0.737. The van der Waals surface area contributed by atoms with Gasteiger partial charge in [0, 0.05) is 52.2 Å². The van der Waals surface area contributed by atoms with Gasteiger partial charge in [-0.2, -0.15) is 0 Å². The molecule has 146 valence electrons. The predicted molar refractivity (Wildman–Crippen MR) is 101 cm³/mol. The Labute approximate surface area is 156 Å². The lowest BCUT2D eigenvalue weighted by molar-refractivity contribution is 0.0377. The van der Waals surface area contributed by atoms with Gasteiger partial charge in [0.15, 0.2) is 5.96 Å². The van der Waals surface area contributed by atoms with Gasteiger partial charge in [0.1, 0.15) is 5.76 Å². The van der Waals surface area contributed by atoms with Gasteiger partial charge in [-0.05, 0) is 31.4 Å². The molecule has 0 bridgehead atoms. The molecule has 2 aliphatic rings. The van der Waals surface area contributed by atoms with Crippen LogP contribution in [-0.4, -0.2) is 86.0 Å². The van der Waals surface area contributed by atoms with Crippen molar-refractivity contribution in [2.75, 3.05) is 59.0 Å². The Bertz CT molecular complexity index is 521. The number of nitrogens with zero attached hydrogens (tertiary/aromatic N) is 3. The van der Waals surface area contributed by atoms with E-state index in [0.29, 0.717) is 0 Å². The average Bonchev–Trinajstić information content (AvgIpc) is 3.19. The number of guanidine groups is 1. The van der Waals surface area contributed by atoms with E-state index in [-0.39, 0.29) is 6.10 Å². The summed E-state index contributed by atoms with van der Waals surface area (Å²) in [5, 5.41) is 13.2. The van der Waals surface area contributed by atoms with Crippen molar-refractivity contribution in [1.82, 2.24) is 15.1 Å². The second-order valence-electron chi connectivity index (χ2n) is 6.99. The summed E-state index contributed by atoms with van der Waals surface area (Å²) >= 11 is 0. The summed E-state index contributed by atoms with van der Waals surface area (Å²) in [6.07, 6.45) is 5.06. The predicted octanol–water partition coefficient (Wildman–Crippen LogP) is 0.947. The van der Waals surface area contributed by atoms with Crippen molar-refractivity contribution in [2.24, 2.45) is 4.99 Å². The van der Waals surface area contributed by atoms with Gasteiger partial charge >= 0.3 is 0 Å². The Morgan fingerprint density at radius 2 is 2.04 bits per heavy atom. The van der Waals surface area contributed by atoms with Crippen molar-refractivity contribution in [1.29, 1.82) is 0 Å². The number of ether oxygens (including phenoxy) is 1. The third kappa shape index (κ3) is 6.30. The van der Waals surface area contributed by atoms with E-state index in [9.17, 15) is 5.11 Å². The van der Waals surface area contributed by atoms with Crippen LogP contribution in [0.1, 0.15) is 25.0 Å². The fourth-order valence-electron chi connectivity index (χ4n) is 3.40. The first-order chi connectivity index (χ1) is 12.8.